The molecule has 0 spiro atoms. The normalized spacial score (nSPS) is 30.7. The molecular weight excluding hydrogens is 236 g/mol. The van der Waals surface area contributed by atoms with Crippen LogP contribution in [0.5, 0.6) is 0 Å². The largest absolute Gasteiger partial charge is 0.339 e. The maximum absolute atomic E-state index is 12.8. The first-order chi connectivity index (χ1) is 9.22. The molecule has 2 unspecified atom stereocenters. The highest BCUT2D eigenvalue weighted by Gasteiger charge is 2.32. The summed E-state index contributed by atoms with van der Waals surface area (Å²) in [6.07, 6.45) is 11.0. The van der Waals surface area contributed by atoms with E-state index in [1.54, 1.807) is 0 Å². The van der Waals surface area contributed by atoms with E-state index in [9.17, 15) is 4.79 Å². The van der Waals surface area contributed by atoms with Crippen LogP contribution in [0.2, 0.25) is 0 Å². The number of amides is 1. The van der Waals surface area contributed by atoms with Crippen molar-refractivity contribution in [3.05, 3.63) is 0 Å². The van der Waals surface area contributed by atoms with Gasteiger partial charge in [-0.2, -0.15) is 0 Å². The van der Waals surface area contributed by atoms with Gasteiger partial charge in [0.25, 0.3) is 0 Å². The number of rotatable bonds is 2. The molecule has 2 N–H and O–H groups in total. The van der Waals surface area contributed by atoms with Gasteiger partial charge < -0.3 is 10.6 Å². The van der Waals surface area contributed by atoms with E-state index in [2.05, 4.69) is 11.8 Å². The van der Waals surface area contributed by atoms with E-state index in [-0.39, 0.29) is 0 Å². The third-order valence-corrected chi connectivity index (χ3v) is 5.05. The van der Waals surface area contributed by atoms with E-state index in [4.69, 9.17) is 5.73 Å². The van der Waals surface area contributed by atoms with Gasteiger partial charge in [-0.15, -0.1) is 0 Å². The summed E-state index contributed by atoms with van der Waals surface area (Å²) in [6, 6.07) is 0.417. The predicted molar refractivity (Wildman–Crippen MR) is 78.8 cm³/mol. The molecule has 1 saturated heterocycles. The lowest BCUT2D eigenvalue weighted by molar-refractivity contribution is -0.140. The number of carbonyl (C=O) groups is 1. The molecule has 1 amide bonds. The van der Waals surface area contributed by atoms with Crippen LogP contribution in [-0.4, -0.2) is 29.9 Å². The Morgan fingerprint density at radius 2 is 1.68 bits per heavy atom. The van der Waals surface area contributed by atoms with Gasteiger partial charge in [0, 0.05) is 18.5 Å². The van der Waals surface area contributed by atoms with Crippen molar-refractivity contribution in [2.45, 2.75) is 70.8 Å². The number of likely N-dealkylation sites (tertiary alicyclic amines) is 1. The Labute approximate surface area is 117 Å². The molecule has 1 aliphatic carbocycles. The number of nitrogens with zero attached hydrogens (tertiary/aromatic N) is 1. The SMILES string of the molecule is CC1CCC(CN)CN1C(=O)C1CCCCCCC1. The van der Waals surface area contributed by atoms with Crippen molar-refractivity contribution in [2.75, 3.05) is 13.1 Å². The highest BCUT2D eigenvalue weighted by molar-refractivity contribution is 5.79. The minimum atomic E-state index is 0.291. The van der Waals surface area contributed by atoms with E-state index < -0.39 is 0 Å². The van der Waals surface area contributed by atoms with Gasteiger partial charge in [0.2, 0.25) is 5.91 Å². The molecule has 0 aromatic carbocycles. The Kier molecular flexibility index (Phi) is 5.68. The summed E-state index contributed by atoms with van der Waals surface area (Å²) in [7, 11) is 0. The van der Waals surface area contributed by atoms with Crippen molar-refractivity contribution >= 4 is 5.91 Å². The molecular formula is C16H30N2O. The van der Waals surface area contributed by atoms with E-state index in [1.165, 1.54) is 38.5 Å². The molecule has 0 aromatic heterocycles. The molecule has 2 aliphatic rings. The molecule has 19 heavy (non-hydrogen) atoms. The zero-order chi connectivity index (χ0) is 13.7. The molecule has 1 heterocycles. The Balaban J connectivity index is 1.95. The lowest BCUT2D eigenvalue weighted by Crippen LogP contribution is -2.49. The summed E-state index contributed by atoms with van der Waals surface area (Å²) in [4.78, 5) is 14.9. The minimum Gasteiger partial charge on any atom is -0.339 e. The Bertz CT molecular complexity index is 284. The quantitative estimate of drug-likeness (QED) is 0.835. The van der Waals surface area contributed by atoms with Gasteiger partial charge in [-0.25, -0.2) is 0 Å². The van der Waals surface area contributed by atoms with Crippen LogP contribution >= 0.6 is 0 Å². The van der Waals surface area contributed by atoms with Crippen LogP contribution in [0.15, 0.2) is 0 Å². The standard InChI is InChI=1S/C16H30N2O/c1-13-9-10-14(11-17)12-18(13)16(19)15-7-5-3-2-4-6-8-15/h13-15H,2-12,17H2,1H3. The summed E-state index contributed by atoms with van der Waals surface area (Å²) in [5.41, 5.74) is 5.80. The zero-order valence-corrected chi connectivity index (χ0v) is 12.4. The third-order valence-electron chi connectivity index (χ3n) is 5.05. The second-order valence-electron chi connectivity index (χ2n) is 6.56. The number of hydrogen-bond donors (Lipinski definition) is 1. The Morgan fingerprint density at radius 3 is 2.32 bits per heavy atom. The van der Waals surface area contributed by atoms with Crippen molar-refractivity contribution in [1.29, 1.82) is 0 Å². The fourth-order valence-corrected chi connectivity index (χ4v) is 3.62. The van der Waals surface area contributed by atoms with Crippen LogP contribution in [0.3, 0.4) is 0 Å². The van der Waals surface area contributed by atoms with Gasteiger partial charge in [0.05, 0.1) is 0 Å². The summed E-state index contributed by atoms with van der Waals surface area (Å²) in [6.45, 7) is 3.82. The van der Waals surface area contributed by atoms with Gasteiger partial charge in [0.15, 0.2) is 0 Å². The van der Waals surface area contributed by atoms with E-state index in [1.807, 2.05) is 0 Å². The van der Waals surface area contributed by atoms with Crippen LogP contribution in [-0.2, 0) is 4.79 Å². The number of carbonyl (C=O) groups excluding carboxylic acids is 1. The molecule has 1 saturated carbocycles. The zero-order valence-electron chi connectivity index (χ0n) is 12.4. The molecule has 0 radical (unpaired) electrons. The first kappa shape index (κ1) is 14.8. The average molecular weight is 266 g/mol. The number of piperidine rings is 1. The van der Waals surface area contributed by atoms with Gasteiger partial charge in [-0.05, 0) is 45.1 Å². The molecule has 2 rings (SSSR count). The van der Waals surface area contributed by atoms with Crippen molar-refractivity contribution in [1.82, 2.24) is 4.90 Å². The summed E-state index contributed by atoms with van der Waals surface area (Å²) in [5.74, 6) is 1.24. The maximum Gasteiger partial charge on any atom is 0.225 e. The average Bonchev–Trinajstić information content (AvgIpc) is 2.38. The molecule has 0 aromatic rings. The molecule has 110 valence electrons. The van der Waals surface area contributed by atoms with E-state index in [0.717, 1.165) is 32.4 Å². The lowest BCUT2D eigenvalue weighted by atomic mass is 9.87. The Morgan fingerprint density at radius 1 is 1.05 bits per heavy atom. The summed E-state index contributed by atoms with van der Waals surface area (Å²) >= 11 is 0. The topological polar surface area (TPSA) is 46.3 Å². The molecule has 3 heteroatoms. The van der Waals surface area contributed by atoms with Crippen molar-refractivity contribution < 1.29 is 4.79 Å². The van der Waals surface area contributed by atoms with Crippen LogP contribution in [0.4, 0.5) is 0 Å². The fourth-order valence-electron chi connectivity index (χ4n) is 3.62. The first-order valence-electron chi connectivity index (χ1n) is 8.23. The monoisotopic (exact) mass is 266 g/mol. The number of nitrogens with two attached hydrogens (primary N) is 1. The maximum atomic E-state index is 12.8. The van der Waals surface area contributed by atoms with Gasteiger partial charge >= 0.3 is 0 Å². The highest BCUT2D eigenvalue weighted by atomic mass is 16.2. The smallest absolute Gasteiger partial charge is 0.225 e. The summed E-state index contributed by atoms with van der Waals surface area (Å²) in [5, 5.41) is 0. The van der Waals surface area contributed by atoms with Crippen molar-refractivity contribution in [3.63, 3.8) is 0 Å². The van der Waals surface area contributed by atoms with Crippen molar-refractivity contribution in [3.8, 4) is 0 Å². The van der Waals surface area contributed by atoms with E-state index in [0.29, 0.717) is 23.8 Å². The van der Waals surface area contributed by atoms with E-state index >= 15 is 0 Å². The second-order valence-corrected chi connectivity index (χ2v) is 6.56. The first-order valence-corrected chi connectivity index (χ1v) is 8.23. The molecule has 2 atom stereocenters. The summed E-state index contributed by atoms with van der Waals surface area (Å²) < 4.78 is 0. The van der Waals surface area contributed by atoms with Crippen LogP contribution < -0.4 is 5.73 Å². The second kappa shape index (κ2) is 7.28. The molecule has 1 aliphatic heterocycles. The van der Waals surface area contributed by atoms with Gasteiger partial charge in [0.1, 0.15) is 0 Å². The van der Waals surface area contributed by atoms with Gasteiger partial charge in [-0.3, -0.25) is 4.79 Å². The van der Waals surface area contributed by atoms with Gasteiger partial charge in [-0.1, -0.05) is 32.1 Å². The third kappa shape index (κ3) is 3.95. The minimum absolute atomic E-state index is 0.291. The fraction of sp³-hybridized carbons (Fsp3) is 0.938. The van der Waals surface area contributed by atoms with Crippen LogP contribution in [0.25, 0.3) is 0 Å². The molecule has 2 fully saturated rings. The number of hydrogen-bond acceptors (Lipinski definition) is 2. The highest BCUT2D eigenvalue weighted by Crippen LogP contribution is 2.28. The van der Waals surface area contributed by atoms with Crippen molar-refractivity contribution in [2.24, 2.45) is 17.6 Å². The van der Waals surface area contributed by atoms with Crippen LogP contribution in [0.1, 0.15) is 64.7 Å². The molecule has 0 bridgehead atoms. The lowest BCUT2D eigenvalue weighted by Gasteiger charge is -2.39. The Hall–Kier alpha value is -0.570. The van der Waals surface area contributed by atoms with Crippen LogP contribution in [0, 0.1) is 11.8 Å². The molecule has 3 nitrogen and oxygen atoms in total. The predicted octanol–water partition coefficient (Wildman–Crippen LogP) is 2.93.